The number of aryl methyl sites for hydroxylation is 1. The van der Waals surface area contributed by atoms with Crippen LogP contribution in [0.3, 0.4) is 0 Å². The van der Waals surface area contributed by atoms with Gasteiger partial charge in [-0.2, -0.15) is 36.7 Å². The topological polar surface area (TPSA) is 136 Å². The molecule has 3 aliphatic heterocycles. The Balaban J connectivity index is 1.29. The molecule has 3 aliphatic rings. The van der Waals surface area contributed by atoms with Gasteiger partial charge in [-0.3, -0.25) is 9.88 Å². The van der Waals surface area contributed by atoms with Crippen molar-refractivity contribution in [1.82, 2.24) is 29.0 Å². The van der Waals surface area contributed by atoms with E-state index in [9.17, 15) is 31.1 Å². The number of rotatable bonds is 7. The minimum atomic E-state index is -5.95. The maximum atomic E-state index is 15.6. The van der Waals surface area contributed by atoms with Crippen molar-refractivity contribution in [2.45, 2.75) is 56.2 Å². The van der Waals surface area contributed by atoms with Gasteiger partial charge in [0, 0.05) is 35.6 Å². The molecule has 1 N–H and O–H groups in total. The summed E-state index contributed by atoms with van der Waals surface area (Å²) in [5.74, 6) is -0.111. The van der Waals surface area contributed by atoms with E-state index in [1.807, 2.05) is 4.90 Å². The van der Waals surface area contributed by atoms with Gasteiger partial charge in [-0.05, 0) is 79.3 Å². The third-order valence-electron chi connectivity index (χ3n) is 11.3. The van der Waals surface area contributed by atoms with Crippen LogP contribution in [0.15, 0.2) is 48.6 Å². The average molecular weight is 830 g/mol. The highest BCUT2D eigenvalue weighted by atomic mass is 32.2. The maximum Gasteiger partial charge on any atom is 0.518 e. The smallest absolute Gasteiger partial charge is 0.461 e. The lowest BCUT2D eigenvalue weighted by atomic mass is 9.92. The molecule has 9 rings (SSSR count). The molecular weight excluding hydrogens is 794 g/mol. The number of alkyl halides is 3. The Morgan fingerprint density at radius 3 is 2.74 bits per heavy atom. The van der Waals surface area contributed by atoms with Gasteiger partial charge in [0.05, 0.1) is 59.1 Å². The second-order valence-electron chi connectivity index (χ2n) is 15.2. The first kappa shape index (κ1) is 38.0. The predicted molar refractivity (Wildman–Crippen MR) is 205 cm³/mol. The molecule has 0 aliphatic carbocycles. The molecule has 0 saturated carbocycles. The third-order valence-corrected chi connectivity index (χ3v) is 13.7. The number of ether oxygens (including phenoxy) is 2. The van der Waals surface area contributed by atoms with E-state index in [4.69, 9.17) is 24.4 Å². The first-order valence-electron chi connectivity index (χ1n) is 18.4. The number of halogens is 5. The van der Waals surface area contributed by atoms with Crippen LogP contribution in [0.5, 0.6) is 6.01 Å². The van der Waals surface area contributed by atoms with Crippen LogP contribution in [-0.4, -0.2) is 105 Å². The SMILES string of the molecule is CCc1c(F)ccc2cc3c(cnn3S(=O)(=O)C(F)(F)F)c(-c3nccc4c3sc3nc(OC[C@@]56CCCN5C/C(=C\F)C6)nc(N5CCOC[C@@](C)(O)C5)c34)c12. The van der Waals surface area contributed by atoms with Gasteiger partial charge in [-0.15, -0.1) is 15.4 Å². The van der Waals surface area contributed by atoms with Crippen LogP contribution in [0, 0.1) is 5.82 Å². The molecule has 19 heteroatoms. The summed E-state index contributed by atoms with van der Waals surface area (Å²) >= 11 is 1.21. The Bertz CT molecular complexity index is 2750. The molecule has 0 bridgehead atoms. The fourth-order valence-electron chi connectivity index (χ4n) is 8.76. The first-order chi connectivity index (χ1) is 27.1. The number of aliphatic hydroxyl groups is 1. The molecule has 0 amide bonds. The number of aromatic nitrogens is 5. The summed E-state index contributed by atoms with van der Waals surface area (Å²) in [6, 6.07) is 5.64. The highest BCUT2D eigenvalue weighted by Gasteiger charge is 2.49. The zero-order chi connectivity index (χ0) is 40.1. The van der Waals surface area contributed by atoms with Crippen LogP contribution in [0.25, 0.3) is 53.2 Å². The summed E-state index contributed by atoms with van der Waals surface area (Å²) in [6.45, 7) is 5.82. The van der Waals surface area contributed by atoms with Crippen LogP contribution >= 0.6 is 11.3 Å². The van der Waals surface area contributed by atoms with E-state index in [1.165, 1.54) is 35.7 Å². The Morgan fingerprint density at radius 1 is 1.14 bits per heavy atom. The molecule has 3 fully saturated rings. The highest BCUT2D eigenvalue weighted by molar-refractivity contribution is 7.90. The molecule has 12 nitrogen and oxygen atoms in total. The predicted octanol–water partition coefficient (Wildman–Crippen LogP) is 6.87. The number of anilines is 1. The van der Waals surface area contributed by atoms with Gasteiger partial charge in [0.1, 0.15) is 28.7 Å². The van der Waals surface area contributed by atoms with Crippen LogP contribution in [0.1, 0.15) is 38.7 Å². The van der Waals surface area contributed by atoms with Crippen molar-refractivity contribution < 1.29 is 45.0 Å². The number of nitrogens with zero attached hydrogens (tertiary/aromatic N) is 7. The van der Waals surface area contributed by atoms with Gasteiger partial charge < -0.3 is 19.5 Å². The van der Waals surface area contributed by atoms with Crippen LogP contribution in [0.4, 0.5) is 27.8 Å². The van der Waals surface area contributed by atoms with E-state index in [0.29, 0.717) is 62.9 Å². The zero-order valence-corrected chi connectivity index (χ0v) is 32.4. The zero-order valence-electron chi connectivity index (χ0n) is 30.7. The molecule has 300 valence electrons. The number of benzene rings is 2. The third kappa shape index (κ3) is 6.11. The highest BCUT2D eigenvalue weighted by Crippen LogP contribution is 2.48. The molecule has 0 radical (unpaired) electrons. The van der Waals surface area contributed by atoms with Crippen molar-refractivity contribution in [2.75, 3.05) is 50.9 Å². The summed E-state index contributed by atoms with van der Waals surface area (Å²) in [4.78, 5) is 19.1. The van der Waals surface area contributed by atoms with Gasteiger partial charge in [-0.1, -0.05) is 13.0 Å². The second-order valence-corrected chi connectivity index (χ2v) is 18.0. The average Bonchev–Trinajstić information content (AvgIpc) is 3.92. The number of fused-ring (bicyclic) bond motifs is 6. The summed E-state index contributed by atoms with van der Waals surface area (Å²) in [7, 11) is -5.95. The van der Waals surface area contributed by atoms with E-state index < -0.39 is 32.5 Å². The minimum absolute atomic E-state index is 0.0164. The van der Waals surface area contributed by atoms with E-state index in [1.54, 1.807) is 19.9 Å². The molecular formula is C38H36F5N7O5S2. The molecule has 4 aromatic heterocycles. The van der Waals surface area contributed by atoms with E-state index in [-0.39, 0.29) is 76.0 Å². The second kappa shape index (κ2) is 13.5. The molecule has 0 unspecified atom stereocenters. The lowest BCUT2D eigenvalue weighted by Gasteiger charge is -2.31. The number of hydrogen-bond acceptors (Lipinski definition) is 12. The Kier molecular flexibility index (Phi) is 9.00. The number of thiophene rings is 1. The molecule has 0 spiro atoms. The number of pyridine rings is 1. The number of β-amino-alcohol motifs (C(OH)–C–C–N with tert-alkyl or cyclic N) is 1. The van der Waals surface area contributed by atoms with Gasteiger partial charge in [0.15, 0.2) is 0 Å². The first-order valence-corrected chi connectivity index (χ1v) is 20.6. The van der Waals surface area contributed by atoms with E-state index in [0.717, 1.165) is 25.6 Å². The van der Waals surface area contributed by atoms with Crippen LogP contribution in [-0.2, 0) is 21.2 Å². The van der Waals surface area contributed by atoms with Crippen molar-refractivity contribution in [1.29, 1.82) is 0 Å². The van der Waals surface area contributed by atoms with Crippen molar-refractivity contribution in [3.05, 3.63) is 59.9 Å². The molecule has 3 saturated heterocycles. The van der Waals surface area contributed by atoms with E-state index >= 15 is 4.39 Å². The maximum absolute atomic E-state index is 15.6. The lowest BCUT2D eigenvalue weighted by molar-refractivity contribution is -0.0448. The fraction of sp³-hybridized carbons (Fsp3) is 0.421. The Hall–Kier alpha value is -4.56. The molecule has 2 atom stereocenters. The molecule has 57 heavy (non-hydrogen) atoms. The normalized spacial score (nSPS) is 23.1. The monoisotopic (exact) mass is 829 g/mol. The fourth-order valence-corrected chi connectivity index (χ4v) is 10.7. The van der Waals surface area contributed by atoms with E-state index in [2.05, 4.69) is 10.00 Å². The Morgan fingerprint density at radius 2 is 1.96 bits per heavy atom. The Labute approximate surface area is 326 Å². The quantitative estimate of drug-likeness (QED) is 0.169. The largest absolute Gasteiger partial charge is 0.518 e. The molecule has 7 heterocycles. The minimum Gasteiger partial charge on any atom is -0.461 e. The standard InChI is InChI=1S/C38H36F5N7O5S2/c1-3-23-26(40)6-5-22-13-27-25(16-45-50(27)57(52,53)38(41,42)43)29(28(22)23)31-32-24(7-9-44-31)30-33(48-11-12-54-19-36(2,51)18-48)46-35(47-34(30)56-32)55-20-37-8-4-10-49(37)17-21(14-37)15-39/h5-7,9,13,15-16,51H,3-4,8,10-12,14,17-20H2,1-2H3/b21-15-/t36-,37-/m0/s1. The summed E-state index contributed by atoms with van der Waals surface area (Å²) in [5.41, 5.74) is -6.27. The van der Waals surface area contributed by atoms with Gasteiger partial charge in [-0.25, -0.2) is 8.78 Å². The van der Waals surface area contributed by atoms with Gasteiger partial charge >= 0.3 is 21.5 Å². The lowest BCUT2D eigenvalue weighted by Crippen LogP contribution is -2.43. The van der Waals surface area contributed by atoms with Crippen molar-refractivity contribution >= 4 is 69.2 Å². The van der Waals surface area contributed by atoms with Crippen molar-refractivity contribution in [3.63, 3.8) is 0 Å². The number of hydrogen-bond donors (Lipinski definition) is 1. The van der Waals surface area contributed by atoms with Gasteiger partial charge in [0.25, 0.3) is 0 Å². The summed E-state index contributed by atoms with van der Waals surface area (Å²) in [5, 5.41) is 16.8. The van der Waals surface area contributed by atoms with Gasteiger partial charge in [0.2, 0.25) is 0 Å². The van der Waals surface area contributed by atoms with Crippen molar-refractivity contribution in [3.8, 4) is 17.3 Å². The molecule has 6 aromatic rings. The summed E-state index contributed by atoms with van der Waals surface area (Å²) in [6.07, 6.45) is 5.67. The summed E-state index contributed by atoms with van der Waals surface area (Å²) < 4.78 is 109. The molecule has 2 aromatic carbocycles. The van der Waals surface area contributed by atoms with Crippen molar-refractivity contribution in [2.24, 2.45) is 0 Å². The van der Waals surface area contributed by atoms with Crippen LogP contribution < -0.4 is 9.64 Å². The van der Waals surface area contributed by atoms with Crippen LogP contribution in [0.2, 0.25) is 0 Å².